The van der Waals surface area contributed by atoms with Crippen LogP contribution < -0.4 is 15.0 Å². The highest BCUT2D eigenvalue weighted by molar-refractivity contribution is 5.99. The van der Waals surface area contributed by atoms with E-state index in [-0.39, 0.29) is 11.9 Å². The average molecular weight is 248 g/mol. The molecule has 0 radical (unpaired) electrons. The Morgan fingerprint density at radius 1 is 1.39 bits per heavy atom. The van der Waals surface area contributed by atoms with Crippen LogP contribution in [0.5, 0.6) is 5.75 Å². The maximum Gasteiger partial charge on any atom is 0.244 e. The SMILES string of the molecule is CCCOc1ccc(N2CCC(NC)C2=O)cc1. The number of hydrogen-bond acceptors (Lipinski definition) is 3. The lowest BCUT2D eigenvalue weighted by atomic mass is 10.2. The zero-order valence-corrected chi connectivity index (χ0v) is 11.0. The van der Waals surface area contributed by atoms with E-state index in [2.05, 4.69) is 12.2 Å². The fraction of sp³-hybridized carbons (Fsp3) is 0.500. The number of likely N-dealkylation sites (N-methyl/N-ethyl adjacent to an activating group) is 1. The largest absolute Gasteiger partial charge is 0.494 e. The van der Waals surface area contributed by atoms with Gasteiger partial charge in [0.1, 0.15) is 5.75 Å². The van der Waals surface area contributed by atoms with E-state index in [9.17, 15) is 4.79 Å². The molecule has 1 aromatic rings. The Balaban J connectivity index is 2.04. The number of benzene rings is 1. The van der Waals surface area contributed by atoms with Gasteiger partial charge in [0, 0.05) is 12.2 Å². The standard InChI is InChI=1S/C14H20N2O2/c1-3-10-18-12-6-4-11(5-7-12)16-9-8-13(15-2)14(16)17/h4-7,13,15H,3,8-10H2,1-2H3. The van der Waals surface area contributed by atoms with Crippen molar-refractivity contribution in [1.82, 2.24) is 5.32 Å². The van der Waals surface area contributed by atoms with Gasteiger partial charge in [-0.2, -0.15) is 0 Å². The molecule has 1 fully saturated rings. The number of hydrogen-bond donors (Lipinski definition) is 1. The normalized spacial score (nSPS) is 19.3. The predicted octanol–water partition coefficient (Wildman–Crippen LogP) is 1.80. The molecular weight excluding hydrogens is 228 g/mol. The number of carbonyl (C=O) groups excluding carboxylic acids is 1. The summed E-state index contributed by atoms with van der Waals surface area (Å²) < 4.78 is 5.53. The minimum absolute atomic E-state index is 0.0407. The van der Waals surface area contributed by atoms with Gasteiger partial charge < -0.3 is 15.0 Å². The summed E-state index contributed by atoms with van der Waals surface area (Å²) >= 11 is 0. The Kier molecular flexibility index (Phi) is 4.20. The van der Waals surface area contributed by atoms with Gasteiger partial charge in [-0.25, -0.2) is 0 Å². The van der Waals surface area contributed by atoms with Crippen molar-refractivity contribution in [3.63, 3.8) is 0 Å². The molecule has 0 aliphatic carbocycles. The lowest BCUT2D eigenvalue weighted by Crippen LogP contribution is -2.36. The first-order valence-electron chi connectivity index (χ1n) is 6.47. The molecule has 0 bridgehead atoms. The van der Waals surface area contributed by atoms with Crippen LogP contribution in [0.2, 0.25) is 0 Å². The quantitative estimate of drug-likeness (QED) is 0.864. The van der Waals surface area contributed by atoms with Crippen LogP contribution in [0, 0.1) is 0 Å². The van der Waals surface area contributed by atoms with Crippen LogP contribution >= 0.6 is 0 Å². The van der Waals surface area contributed by atoms with E-state index >= 15 is 0 Å². The van der Waals surface area contributed by atoms with Crippen LogP contribution in [-0.4, -0.2) is 32.1 Å². The molecule has 1 amide bonds. The summed E-state index contributed by atoms with van der Waals surface area (Å²) in [4.78, 5) is 13.9. The first-order chi connectivity index (χ1) is 8.76. The van der Waals surface area contributed by atoms with Crippen molar-refractivity contribution >= 4 is 11.6 Å². The first kappa shape index (κ1) is 12.9. The molecule has 2 rings (SSSR count). The van der Waals surface area contributed by atoms with Crippen LogP contribution in [0.15, 0.2) is 24.3 Å². The maximum atomic E-state index is 12.0. The first-order valence-corrected chi connectivity index (χ1v) is 6.47. The van der Waals surface area contributed by atoms with E-state index in [1.807, 2.05) is 36.2 Å². The third-order valence-corrected chi connectivity index (χ3v) is 3.18. The number of rotatable bonds is 5. The molecule has 1 unspecified atom stereocenters. The number of amides is 1. The van der Waals surface area contributed by atoms with Gasteiger partial charge in [-0.1, -0.05) is 6.92 Å². The summed E-state index contributed by atoms with van der Waals surface area (Å²) in [7, 11) is 1.83. The Labute approximate surface area is 108 Å². The molecule has 0 aromatic heterocycles. The van der Waals surface area contributed by atoms with Gasteiger partial charge in [0.05, 0.1) is 12.6 Å². The second-order valence-electron chi connectivity index (χ2n) is 4.46. The Morgan fingerprint density at radius 3 is 2.67 bits per heavy atom. The van der Waals surface area contributed by atoms with Gasteiger partial charge in [-0.15, -0.1) is 0 Å². The third-order valence-electron chi connectivity index (χ3n) is 3.18. The zero-order chi connectivity index (χ0) is 13.0. The van der Waals surface area contributed by atoms with Crippen LogP contribution in [0.3, 0.4) is 0 Å². The van der Waals surface area contributed by atoms with Crippen molar-refractivity contribution in [2.24, 2.45) is 0 Å². The molecule has 18 heavy (non-hydrogen) atoms. The van der Waals surface area contributed by atoms with Gasteiger partial charge in [0.2, 0.25) is 5.91 Å². The van der Waals surface area contributed by atoms with Crippen LogP contribution in [0.25, 0.3) is 0 Å². The van der Waals surface area contributed by atoms with Crippen molar-refractivity contribution in [2.45, 2.75) is 25.8 Å². The number of nitrogens with zero attached hydrogens (tertiary/aromatic N) is 1. The molecule has 1 N–H and O–H groups in total. The van der Waals surface area contributed by atoms with Crippen molar-refractivity contribution < 1.29 is 9.53 Å². The van der Waals surface area contributed by atoms with Crippen LogP contribution in [0.4, 0.5) is 5.69 Å². The van der Waals surface area contributed by atoms with Crippen molar-refractivity contribution in [1.29, 1.82) is 0 Å². The lowest BCUT2D eigenvalue weighted by molar-refractivity contribution is -0.118. The lowest BCUT2D eigenvalue weighted by Gasteiger charge is -2.17. The number of nitrogens with one attached hydrogen (secondary N) is 1. The van der Waals surface area contributed by atoms with E-state index in [1.54, 1.807) is 0 Å². The number of carbonyl (C=O) groups is 1. The summed E-state index contributed by atoms with van der Waals surface area (Å²) in [6, 6.07) is 7.69. The zero-order valence-electron chi connectivity index (χ0n) is 11.0. The molecule has 1 aromatic carbocycles. The highest BCUT2D eigenvalue weighted by atomic mass is 16.5. The highest BCUT2D eigenvalue weighted by Crippen LogP contribution is 2.24. The van der Waals surface area contributed by atoms with E-state index in [0.29, 0.717) is 0 Å². The number of anilines is 1. The Bertz CT molecular complexity index is 403. The molecule has 1 aliphatic heterocycles. The predicted molar refractivity (Wildman–Crippen MR) is 72.0 cm³/mol. The molecule has 0 spiro atoms. The van der Waals surface area contributed by atoms with Crippen molar-refractivity contribution in [3.05, 3.63) is 24.3 Å². The van der Waals surface area contributed by atoms with Gasteiger partial charge >= 0.3 is 0 Å². The summed E-state index contributed by atoms with van der Waals surface area (Å²) in [6.45, 7) is 3.58. The van der Waals surface area contributed by atoms with E-state index in [0.717, 1.165) is 37.4 Å². The van der Waals surface area contributed by atoms with E-state index < -0.39 is 0 Å². The smallest absolute Gasteiger partial charge is 0.244 e. The molecular formula is C14H20N2O2. The second-order valence-corrected chi connectivity index (χ2v) is 4.46. The molecule has 1 aliphatic rings. The van der Waals surface area contributed by atoms with Crippen molar-refractivity contribution in [2.75, 3.05) is 25.1 Å². The molecule has 1 saturated heterocycles. The fourth-order valence-corrected chi connectivity index (χ4v) is 2.15. The van der Waals surface area contributed by atoms with Crippen LogP contribution in [0.1, 0.15) is 19.8 Å². The molecule has 98 valence electrons. The van der Waals surface area contributed by atoms with Crippen molar-refractivity contribution in [3.8, 4) is 5.75 Å². The minimum Gasteiger partial charge on any atom is -0.494 e. The van der Waals surface area contributed by atoms with E-state index in [4.69, 9.17) is 4.74 Å². The summed E-state index contributed by atoms with van der Waals surface area (Å²) in [5.74, 6) is 1.01. The van der Waals surface area contributed by atoms with Gasteiger partial charge in [-0.05, 0) is 44.2 Å². The summed E-state index contributed by atoms with van der Waals surface area (Å²) in [5.41, 5.74) is 0.946. The Hall–Kier alpha value is -1.55. The molecule has 4 nitrogen and oxygen atoms in total. The molecule has 0 saturated carbocycles. The van der Waals surface area contributed by atoms with Gasteiger partial charge in [0.15, 0.2) is 0 Å². The van der Waals surface area contributed by atoms with Crippen LogP contribution in [-0.2, 0) is 4.79 Å². The summed E-state index contributed by atoms with van der Waals surface area (Å²) in [6.07, 6.45) is 1.86. The topological polar surface area (TPSA) is 41.6 Å². The third kappa shape index (κ3) is 2.64. The highest BCUT2D eigenvalue weighted by Gasteiger charge is 2.31. The average Bonchev–Trinajstić information content (AvgIpc) is 2.78. The second kappa shape index (κ2) is 5.87. The Morgan fingerprint density at radius 2 is 2.11 bits per heavy atom. The van der Waals surface area contributed by atoms with Gasteiger partial charge in [-0.3, -0.25) is 4.79 Å². The molecule has 4 heteroatoms. The van der Waals surface area contributed by atoms with E-state index in [1.165, 1.54) is 0 Å². The molecule has 1 heterocycles. The fourth-order valence-electron chi connectivity index (χ4n) is 2.15. The minimum atomic E-state index is -0.0407. The molecule has 1 atom stereocenters. The maximum absolute atomic E-state index is 12.0. The monoisotopic (exact) mass is 248 g/mol. The van der Waals surface area contributed by atoms with Gasteiger partial charge in [0.25, 0.3) is 0 Å². The number of ether oxygens (including phenoxy) is 1. The summed E-state index contributed by atoms with van der Waals surface area (Å²) in [5, 5.41) is 3.04.